The summed E-state index contributed by atoms with van der Waals surface area (Å²) >= 11 is 7.82. The molecule has 0 aliphatic carbocycles. The minimum absolute atomic E-state index is 0.253. The van der Waals surface area contributed by atoms with Crippen LogP contribution in [0.1, 0.15) is 36.6 Å². The van der Waals surface area contributed by atoms with Gasteiger partial charge in [-0.2, -0.15) is 4.98 Å². The van der Waals surface area contributed by atoms with Gasteiger partial charge in [-0.1, -0.05) is 78.0 Å². The molecule has 1 N–H and O–H groups in total. The molecule has 10 heteroatoms. The lowest BCUT2D eigenvalue weighted by Crippen LogP contribution is -2.29. The Labute approximate surface area is 248 Å². The van der Waals surface area contributed by atoms with E-state index in [1.165, 1.54) is 17.3 Å². The first-order valence-corrected chi connectivity index (χ1v) is 14.7. The SMILES string of the molecule is CCOC(=O)C1=C(C)Nc2nc(SCc3ccccc3Cl)nn2C1c1ccc(OCCc2ccccc2)c(OC)c1. The summed E-state index contributed by atoms with van der Waals surface area (Å²) in [5.41, 5.74) is 4.07. The Morgan fingerprint density at radius 2 is 1.85 bits per heavy atom. The van der Waals surface area contributed by atoms with Crippen molar-refractivity contribution in [3.63, 3.8) is 0 Å². The highest BCUT2D eigenvalue weighted by Crippen LogP contribution is 2.40. The number of thioether (sulfide) groups is 1. The summed E-state index contributed by atoms with van der Waals surface area (Å²) in [6.45, 7) is 4.38. The lowest BCUT2D eigenvalue weighted by atomic mass is 9.95. The molecule has 1 atom stereocenters. The van der Waals surface area contributed by atoms with E-state index in [4.69, 9.17) is 35.9 Å². The smallest absolute Gasteiger partial charge is 0.338 e. The van der Waals surface area contributed by atoms with Gasteiger partial charge in [0.05, 0.1) is 25.9 Å². The number of esters is 1. The molecule has 0 spiro atoms. The van der Waals surface area contributed by atoms with E-state index in [9.17, 15) is 4.79 Å². The van der Waals surface area contributed by atoms with Crippen LogP contribution in [0.4, 0.5) is 5.95 Å². The molecule has 212 valence electrons. The number of allylic oxidation sites excluding steroid dienone is 1. The van der Waals surface area contributed by atoms with E-state index in [2.05, 4.69) is 17.4 Å². The maximum Gasteiger partial charge on any atom is 0.338 e. The van der Waals surface area contributed by atoms with E-state index < -0.39 is 12.0 Å². The Morgan fingerprint density at radius 3 is 2.61 bits per heavy atom. The average molecular weight is 591 g/mol. The van der Waals surface area contributed by atoms with Gasteiger partial charge in [-0.15, -0.1) is 5.10 Å². The van der Waals surface area contributed by atoms with Crippen molar-refractivity contribution in [2.24, 2.45) is 0 Å². The molecule has 2 heterocycles. The highest BCUT2D eigenvalue weighted by atomic mass is 35.5. The molecule has 0 bridgehead atoms. The molecule has 0 saturated heterocycles. The zero-order valence-corrected chi connectivity index (χ0v) is 24.7. The maximum atomic E-state index is 13.2. The summed E-state index contributed by atoms with van der Waals surface area (Å²) in [5, 5.41) is 9.28. The third kappa shape index (κ3) is 6.52. The molecule has 41 heavy (non-hydrogen) atoms. The van der Waals surface area contributed by atoms with E-state index in [1.54, 1.807) is 18.7 Å². The van der Waals surface area contributed by atoms with Gasteiger partial charge in [-0.05, 0) is 48.7 Å². The molecule has 0 amide bonds. The number of nitrogens with zero attached hydrogens (tertiary/aromatic N) is 3. The van der Waals surface area contributed by atoms with Crippen LogP contribution in [-0.4, -0.2) is 41.1 Å². The van der Waals surface area contributed by atoms with E-state index in [1.807, 2.05) is 67.6 Å². The van der Waals surface area contributed by atoms with Crippen LogP contribution < -0.4 is 14.8 Å². The molecule has 1 unspecified atom stereocenters. The van der Waals surface area contributed by atoms with Gasteiger partial charge in [0.2, 0.25) is 11.1 Å². The Bertz CT molecular complexity index is 1560. The minimum Gasteiger partial charge on any atom is -0.493 e. The number of hydrogen-bond donors (Lipinski definition) is 1. The number of fused-ring (bicyclic) bond motifs is 1. The standard InChI is InChI=1S/C31H31ClN4O4S/c1-4-39-29(37)27-20(2)33-30-34-31(41-19-23-12-8-9-13-24(23)32)35-36(30)28(27)22-14-15-25(26(18-22)38-3)40-17-16-21-10-6-5-7-11-21/h5-15,18,28H,4,16-17,19H2,1-3H3,(H,33,34,35). The van der Waals surface area contributed by atoms with E-state index in [0.717, 1.165) is 17.5 Å². The topological polar surface area (TPSA) is 87.5 Å². The molecule has 8 nitrogen and oxygen atoms in total. The van der Waals surface area contributed by atoms with Gasteiger partial charge in [0.1, 0.15) is 6.04 Å². The van der Waals surface area contributed by atoms with E-state index in [0.29, 0.717) is 51.3 Å². The molecule has 5 rings (SSSR count). The second-order valence-electron chi connectivity index (χ2n) is 9.32. The number of hydrogen-bond acceptors (Lipinski definition) is 8. The van der Waals surface area contributed by atoms with Crippen molar-refractivity contribution in [3.05, 3.63) is 106 Å². The van der Waals surface area contributed by atoms with Gasteiger partial charge in [0.15, 0.2) is 11.5 Å². The van der Waals surface area contributed by atoms with Crippen molar-refractivity contribution in [2.45, 2.75) is 37.2 Å². The number of carbonyl (C=O) groups is 1. The minimum atomic E-state index is -0.584. The van der Waals surface area contributed by atoms with Crippen LogP contribution >= 0.6 is 23.4 Å². The number of nitrogens with one attached hydrogen (secondary N) is 1. The van der Waals surface area contributed by atoms with Crippen LogP contribution in [0.15, 0.2) is 89.2 Å². The number of carbonyl (C=O) groups excluding carboxylic acids is 1. The second-order valence-corrected chi connectivity index (χ2v) is 10.7. The number of anilines is 1. The summed E-state index contributed by atoms with van der Waals surface area (Å²) in [7, 11) is 1.60. The predicted molar refractivity (Wildman–Crippen MR) is 161 cm³/mol. The third-order valence-electron chi connectivity index (χ3n) is 6.64. The summed E-state index contributed by atoms with van der Waals surface area (Å²) in [5.74, 6) is 1.90. The Hall–Kier alpha value is -3.95. The second kappa shape index (κ2) is 13.1. The first-order valence-electron chi connectivity index (χ1n) is 13.3. The van der Waals surface area contributed by atoms with Crippen LogP contribution in [0.5, 0.6) is 11.5 Å². The fourth-order valence-corrected chi connectivity index (χ4v) is 5.74. The summed E-state index contributed by atoms with van der Waals surface area (Å²) in [4.78, 5) is 17.9. The van der Waals surface area contributed by atoms with Gasteiger partial charge in [0, 0.05) is 22.9 Å². The molecule has 1 aliphatic heterocycles. The summed E-state index contributed by atoms with van der Waals surface area (Å²) < 4.78 is 18.9. The highest BCUT2D eigenvalue weighted by molar-refractivity contribution is 7.98. The number of methoxy groups -OCH3 is 1. The fourth-order valence-electron chi connectivity index (χ4n) is 4.63. The quantitative estimate of drug-likeness (QED) is 0.152. The molecule has 1 aliphatic rings. The van der Waals surface area contributed by atoms with Gasteiger partial charge in [-0.3, -0.25) is 0 Å². The number of rotatable bonds is 11. The van der Waals surface area contributed by atoms with Crippen molar-refractivity contribution >= 4 is 35.3 Å². The number of ether oxygens (including phenoxy) is 3. The number of benzene rings is 3. The maximum absolute atomic E-state index is 13.2. The molecular formula is C31H31ClN4O4S. The zero-order chi connectivity index (χ0) is 28.8. The van der Waals surface area contributed by atoms with Crippen LogP contribution in [0.2, 0.25) is 5.02 Å². The van der Waals surface area contributed by atoms with Crippen LogP contribution in [0.3, 0.4) is 0 Å². The molecule has 0 fully saturated rings. The van der Waals surface area contributed by atoms with Crippen molar-refractivity contribution in [1.82, 2.24) is 14.8 Å². The molecule has 0 saturated carbocycles. The fraction of sp³-hybridized carbons (Fsp3) is 0.258. The van der Waals surface area contributed by atoms with Crippen molar-refractivity contribution in [3.8, 4) is 11.5 Å². The molecule has 4 aromatic rings. The number of aromatic nitrogens is 3. The largest absolute Gasteiger partial charge is 0.493 e. The normalized spacial score (nSPS) is 14.3. The third-order valence-corrected chi connectivity index (χ3v) is 7.89. The van der Waals surface area contributed by atoms with E-state index in [-0.39, 0.29) is 6.61 Å². The van der Waals surface area contributed by atoms with Gasteiger partial charge in [0.25, 0.3) is 0 Å². The lowest BCUT2D eigenvalue weighted by molar-refractivity contribution is -0.139. The summed E-state index contributed by atoms with van der Waals surface area (Å²) in [6, 6.07) is 22.9. The number of halogens is 1. The van der Waals surface area contributed by atoms with Crippen LogP contribution in [0.25, 0.3) is 0 Å². The van der Waals surface area contributed by atoms with Gasteiger partial charge in [-0.25, -0.2) is 9.48 Å². The molecular weight excluding hydrogens is 560 g/mol. The predicted octanol–water partition coefficient (Wildman–Crippen LogP) is 6.71. The Kier molecular flexibility index (Phi) is 9.16. The first kappa shape index (κ1) is 28.6. The summed E-state index contributed by atoms with van der Waals surface area (Å²) in [6.07, 6.45) is 0.770. The first-order chi connectivity index (χ1) is 20.0. The van der Waals surface area contributed by atoms with Crippen molar-refractivity contribution < 1.29 is 19.0 Å². The Morgan fingerprint density at radius 1 is 1.07 bits per heavy atom. The van der Waals surface area contributed by atoms with Crippen LogP contribution in [0, 0.1) is 0 Å². The van der Waals surface area contributed by atoms with Gasteiger partial charge < -0.3 is 19.5 Å². The van der Waals surface area contributed by atoms with Crippen molar-refractivity contribution in [2.75, 3.05) is 25.6 Å². The molecule has 0 radical (unpaired) electrons. The zero-order valence-electron chi connectivity index (χ0n) is 23.1. The van der Waals surface area contributed by atoms with Crippen LogP contribution in [-0.2, 0) is 21.7 Å². The van der Waals surface area contributed by atoms with Crippen molar-refractivity contribution in [1.29, 1.82) is 0 Å². The monoisotopic (exact) mass is 590 g/mol. The Balaban J connectivity index is 1.44. The molecule has 3 aromatic carbocycles. The van der Waals surface area contributed by atoms with Gasteiger partial charge >= 0.3 is 5.97 Å². The lowest BCUT2D eigenvalue weighted by Gasteiger charge is -2.28. The highest BCUT2D eigenvalue weighted by Gasteiger charge is 2.35. The average Bonchev–Trinajstić information content (AvgIpc) is 3.39. The molecule has 1 aromatic heterocycles. The van der Waals surface area contributed by atoms with E-state index >= 15 is 0 Å².